The highest BCUT2D eigenvalue weighted by atomic mass is 35.5. The fraction of sp³-hybridized carbons (Fsp3) is 0.278. The van der Waals surface area contributed by atoms with E-state index in [1.807, 2.05) is 18.4 Å². The summed E-state index contributed by atoms with van der Waals surface area (Å²) < 4.78 is 2.18. The van der Waals surface area contributed by atoms with Crippen LogP contribution in [0.2, 0.25) is 5.02 Å². The molecule has 0 radical (unpaired) electrons. The van der Waals surface area contributed by atoms with Crippen LogP contribution in [0.3, 0.4) is 0 Å². The molecular formula is C18H17ClN4OS2. The Balaban J connectivity index is 1.50. The first-order valence-corrected chi connectivity index (χ1v) is 10.5. The van der Waals surface area contributed by atoms with E-state index in [9.17, 15) is 4.79 Å². The molecule has 26 heavy (non-hydrogen) atoms. The maximum absolute atomic E-state index is 12.5. The van der Waals surface area contributed by atoms with Gasteiger partial charge in [-0.15, -0.1) is 21.5 Å². The number of thiophene rings is 1. The third kappa shape index (κ3) is 3.79. The normalized spacial score (nSPS) is 15.0. The zero-order valence-corrected chi connectivity index (χ0v) is 16.4. The molecule has 0 unspecified atom stereocenters. The Morgan fingerprint density at radius 2 is 2.08 bits per heavy atom. The van der Waals surface area contributed by atoms with Crippen LogP contribution in [0.1, 0.15) is 25.8 Å². The minimum atomic E-state index is -0.288. The molecule has 0 aliphatic heterocycles. The summed E-state index contributed by atoms with van der Waals surface area (Å²) in [6.07, 6.45) is 2.27. The van der Waals surface area contributed by atoms with E-state index >= 15 is 0 Å². The molecule has 8 heteroatoms. The first kappa shape index (κ1) is 17.6. The number of anilines is 1. The van der Waals surface area contributed by atoms with Crippen LogP contribution in [0.15, 0.2) is 46.9 Å². The average molecular weight is 405 g/mol. The highest BCUT2D eigenvalue weighted by molar-refractivity contribution is 8.00. The fourth-order valence-corrected chi connectivity index (χ4v) is 4.33. The molecule has 1 saturated carbocycles. The molecule has 2 aromatic heterocycles. The maximum atomic E-state index is 12.5. The zero-order chi connectivity index (χ0) is 18.1. The number of carbonyl (C=O) groups is 1. The number of benzene rings is 1. The van der Waals surface area contributed by atoms with Crippen molar-refractivity contribution in [2.24, 2.45) is 0 Å². The van der Waals surface area contributed by atoms with E-state index < -0.39 is 0 Å². The molecular weight excluding hydrogens is 388 g/mol. The van der Waals surface area contributed by atoms with Gasteiger partial charge in [0, 0.05) is 16.8 Å². The molecule has 1 aromatic carbocycles. The van der Waals surface area contributed by atoms with Crippen molar-refractivity contribution in [1.82, 2.24) is 14.8 Å². The van der Waals surface area contributed by atoms with E-state index in [0.29, 0.717) is 11.1 Å². The molecule has 0 saturated heterocycles. The molecule has 2 heterocycles. The quantitative estimate of drug-likeness (QED) is 0.579. The Labute approximate surface area is 164 Å². The summed E-state index contributed by atoms with van der Waals surface area (Å²) in [4.78, 5) is 13.6. The van der Waals surface area contributed by atoms with Gasteiger partial charge in [-0.2, -0.15) is 0 Å². The Morgan fingerprint density at radius 1 is 1.31 bits per heavy atom. The van der Waals surface area contributed by atoms with E-state index in [0.717, 1.165) is 34.4 Å². The average Bonchev–Trinajstić information content (AvgIpc) is 3.16. The van der Waals surface area contributed by atoms with Crippen LogP contribution < -0.4 is 5.32 Å². The highest BCUT2D eigenvalue weighted by Gasteiger charge is 2.31. The van der Waals surface area contributed by atoms with Gasteiger partial charge < -0.3 is 5.32 Å². The fourth-order valence-electron chi connectivity index (χ4n) is 2.58. The van der Waals surface area contributed by atoms with Crippen molar-refractivity contribution >= 4 is 46.3 Å². The standard InChI is InChI=1S/C18H17ClN4OS2/c1-11(17(24)20-13-6-4-12(19)5-7-13)26-18-22-21-16(15-3-2-10-25-15)23(18)14-8-9-14/h2-7,10-11,14H,8-9H2,1H3,(H,20,24)/t11-/m1/s1. The van der Waals surface area contributed by atoms with Crippen LogP contribution in [0.25, 0.3) is 10.7 Å². The van der Waals surface area contributed by atoms with Gasteiger partial charge in [-0.25, -0.2) is 0 Å². The lowest BCUT2D eigenvalue weighted by molar-refractivity contribution is -0.115. The van der Waals surface area contributed by atoms with Crippen LogP contribution in [-0.4, -0.2) is 25.9 Å². The van der Waals surface area contributed by atoms with E-state index in [1.165, 1.54) is 11.8 Å². The van der Waals surface area contributed by atoms with Gasteiger partial charge in [0.05, 0.1) is 10.1 Å². The summed E-state index contributed by atoms with van der Waals surface area (Å²) in [6, 6.07) is 11.6. The zero-order valence-electron chi connectivity index (χ0n) is 14.1. The number of thioether (sulfide) groups is 1. The van der Waals surface area contributed by atoms with Gasteiger partial charge in [-0.05, 0) is 55.5 Å². The number of nitrogens with one attached hydrogen (secondary N) is 1. The number of halogens is 1. The van der Waals surface area contributed by atoms with Crippen molar-refractivity contribution in [3.8, 4) is 10.7 Å². The second kappa shape index (κ2) is 7.42. The Kier molecular flexibility index (Phi) is 5.02. The molecule has 1 amide bonds. The largest absolute Gasteiger partial charge is 0.325 e. The minimum absolute atomic E-state index is 0.0691. The van der Waals surface area contributed by atoms with Gasteiger partial charge in [0.1, 0.15) is 0 Å². The molecule has 1 aliphatic carbocycles. The van der Waals surface area contributed by atoms with Gasteiger partial charge >= 0.3 is 0 Å². The lowest BCUT2D eigenvalue weighted by Gasteiger charge is -2.13. The molecule has 5 nitrogen and oxygen atoms in total. The third-order valence-electron chi connectivity index (χ3n) is 4.08. The molecule has 1 N–H and O–H groups in total. The van der Waals surface area contributed by atoms with Crippen molar-refractivity contribution in [1.29, 1.82) is 0 Å². The van der Waals surface area contributed by atoms with Crippen LogP contribution in [0, 0.1) is 0 Å². The second-order valence-corrected chi connectivity index (χ2v) is 8.83. The van der Waals surface area contributed by atoms with E-state index in [1.54, 1.807) is 35.6 Å². The van der Waals surface area contributed by atoms with Gasteiger partial charge in [0.15, 0.2) is 11.0 Å². The molecule has 4 rings (SSSR count). The van der Waals surface area contributed by atoms with Crippen molar-refractivity contribution in [2.75, 3.05) is 5.32 Å². The predicted molar refractivity (Wildman–Crippen MR) is 107 cm³/mol. The van der Waals surface area contributed by atoms with Crippen molar-refractivity contribution in [2.45, 2.75) is 36.2 Å². The maximum Gasteiger partial charge on any atom is 0.237 e. The summed E-state index contributed by atoms with van der Waals surface area (Å²) in [5.41, 5.74) is 0.731. The molecule has 134 valence electrons. The summed E-state index contributed by atoms with van der Waals surface area (Å²) >= 11 is 8.98. The number of hydrogen-bond donors (Lipinski definition) is 1. The van der Waals surface area contributed by atoms with Crippen molar-refractivity contribution in [3.05, 3.63) is 46.8 Å². The monoisotopic (exact) mass is 404 g/mol. The van der Waals surface area contributed by atoms with Gasteiger partial charge in [0.25, 0.3) is 0 Å². The van der Waals surface area contributed by atoms with E-state index in [4.69, 9.17) is 11.6 Å². The lowest BCUT2D eigenvalue weighted by Crippen LogP contribution is -2.22. The lowest BCUT2D eigenvalue weighted by atomic mass is 10.3. The second-order valence-electron chi connectivity index (χ2n) is 6.14. The minimum Gasteiger partial charge on any atom is -0.325 e. The number of aromatic nitrogens is 3. The predicted octanol–water partition coefficient (Wildman–Crippen LogP) is 5.11. The SMILES string of the molecule is C[C@@H](Sc1nnc(-c2cccs2)n1C1CC1)C(=O)Nc1ccc(Cl)cc1. The summed E-state index contributed by atoms with van der Waals surface area (Å²) in [5.74, 6) is 0.829. The van der Waals surface area contributed by atoms with Crippen LogP contribution in [0.5, 0.6) is 0 Å². The first-order valence-electron chi connectivity index (χ1n) is 8.33. The first-order chi connectivity index (χ1) is 12.6. The van der Waals surface area contributed by atoms with Crippen LogP contribution >= 0.6 is 34.7 Å². The summed E-state index contributed by atoms with van der Waals surface area (Å²) in [6.45, 7) is 1.88. The molecule has 0 bridgehead atoms. The highest BCUT2D eigenvalue weighted by Crippen LogP contribution is 2.42. The molecule has 3 aromatic rings. The van der Waals surface area contributed by atoms with E-state index in [-0.39, 0.29) is 11.2 Å². The molecule has 1 atom stereocenters. The number of nitrogens with zero attached hydrogens (tertiary/aromatic N) is 3. The van der Waals surface area contributed by atoms with Gasteiger partial charge in [-0.3, -0.25) is 9.36 Å². The van der Waals surface area contributed by atoms with Crippen LogP contribution in [-0.2, 0) is 4.79 Å². The smallest absolute Gasteiger partial charge is 0.237 e. The molecule has 1 fully saturated rings. The Hall–Kier alpha value is -1.83. The Morgan fingerprint density at radius 3 is 2.73 bits per heavy atom. The van der Waals surface area contributed by atoms with Crippen molar-refractivity contribution in [3.63, 3.8) is 0 Å². The third-order valence-corrected chi connectivity index (χ3v) is 6.26. The number of carbonyl (C=O) groups excluding carboxylic acids is 1. The van der Waals surface area contributed by atoms with Crippen LogP contribution in [0.4, 0.5) is 5.69 Å². The summed E-state index contributed by atoms with van der Waals surface area (Å²) in [5, 5.41) is 14.8. The number of rotatable bonds is 6. The number of amides is 1. The van der Waals surface area contributed by atoms with Crippen molar-refractivity contribution < 1.29 is 4.79 Å². The number of hydrogen-bond acceptors (Lipinski definition) is 5. The Bertz CT molecular complexity index is 904. The van der Waals surface area contributed by atoms with Gasteiger partial charge in [0.2, 0.25) is 5.91 Å². The molecule has 1 aliphatic rings. The topological polar surface area (TPSA) is 59.8 Å². The molecule has 0 spiro atoms. The van der Waals surface area contributed by atoms with E-state index in [2.05, 4.69) is 26.1 Å². The summed E-state index contributed by atoms with van der Waals surface area (Å²) in [7, 11) is 0. The van der Waals surface area contributed by atoms with Gasteiger partial charge in [-0.1, -0.05) is 29.4 Å².